The van der Waals surface area contributed by atoms with E-state index in [0.717, 1.165) is 25.7 Å². The number of nitrogens with one attached hydrogen (secondary N) is 1. The highest BCUT2D eigenvalue weighted by Crippen LogP contribution is 2.36. The van der Waals surface area contributed by atoms with Gasteiger partial charge in [0.1, 0.15) is 11.1 Å². The summed E-state index contributed by atoms with van der Waals surface area (Å²) in [5.74, 6) is -0.0256. The highest BCUT2D eigenvalue weighted by molar-refractivity contribution is 6.01. The fraction of sp³-hybridized carbons (Fsp3) is 0.875. The van der Waals surface area contributed by atoms with Crippen LogP contribution in [0.4, 0.5) is 0 Å². The van der Waals surface area contributed by atoms with Crippen molar-refractivity contribution >= 4 is 11.8 Å². The highest BCUT2D eigenvalue weighted by atomic mass is 16.5. The number of ether oxygens (including phenoxy) is 1. The van der Waals surface area contributed by atoms with E-state index in [4.69, 9.17) is 4.74 Å². The van der Waals surface area contributed by atoms with Gasteiger partial charge in [-0.25, -0.2) is 0 Å². The maximum Gasteiger partial charge on any atom is 0.248 e. The van der Waals surface area contributed by atoms with E-state index in [1.165, 1.54) is 0 Å². The lowest BCUT2D eigenvalue weighted by atomic mass is 9.81. The summed E-state index contributed by atoms with van der Waals surface area (Å²) < 4.78 is 5.49. The molecule has 0 aromatic carbocycles. The minimum absolute atomic E-state index is 0.0215. The SMILES string of the molecule is CCC1(C)C(=O)NC(C)(C)C(=O)N1C1CCCC(OC)C1. The highest BCUT2D eigenvalue weighted by Gasteiger charge is 2.54. The number of nitrogens with zero attached hydrogens (tertiary/aromatic N) is 1. The number of carbonyl (C=O) groups excluding carboxylic acids is 2. The monoisotopic (exact) mass is 296 g/mol. The summed E-state index contributed by atoms with van der Waals surface area (Å²) in [6.45, 7) is 7.42. The Kier molecular flexibility index (Phi) is 4.34. The van der Waals surface area contributed by atoms with Crippen LogP contribution in [0, 0.1) is 0 Å². The zero-order chi connectivity index (χ0) is 15.8. The van der Waals surface area contributed by atoms with Gasteiger partial charge < -0.3 is 15.0 Å². The minimum Gasteiger partial charge on any atom is -0.381 e. The van der Waals surface area contributed by atoms with Crippen LogP contribution in [0.15, 0.2) is 0 Å². The quantitative estimate of drug-likeness (QED) is 0.864. The molecule has 1 aliphatic heterocycles. The molecule has 0 radical (unpaired) electrons. The van der Waals surface area contributed by atoms with Gasteiger partial charge in [0.05, 0.1) is 6.10 Å². The Morgan fingerprint density at radius 3 is 2.52 bits per heavy atom. The van der Waals surface area contributed by atoms with Crippen molar-refractivity contribution in [2.24, 2.45) is 0 Å². The Balaban J connectivity index is 2.35. The van der Waals surface area contributed by atoms with Crippen molar-refractivity contribution in [1.29, 1.82) is 0 Å². The lowest BCUT2D eigenvalue weighted by Gasteiger charge is -2.53. The van der Waals surface area contributed by atoms with Crippen LogP contribution >= 0.6 is 0 Å². The van der Waals surface area contributed by atoms with Crippen molar-refractivity contribution in [2.45, 2.75) is 83.0 Å². The molecule has 2 aliphatic rings. The molecule has 1 heterocycles. The zero-order valence-electron chi connectivity index (χ0n) is 13.9. The van der Waals surface area contributed by atoms with Crippen LogP contribution in [0.1, 0.15) is 59.8 Å². The van der Waals surface area contributed by atoms with Gasteiger partial charge in [0, 0.05) is 13.2 Å². The second-order valence-electron chi connectivity index (χ2n) is 7.06. The predicted octanol–water partition coefficient (Wildman–Crippen LogP) is 1.85. The Hall–Kier alpha value is -1.10. The number of piperazine rings is 1. The molecule has 3 atom stereocenters. The van der Waals surface area contributed by atoms with E-state index in [0.29, 0.717) is 6.42 Å². The summed E-state index contributed by atoms with van der Waals surface area (Å²) >= 11 is 0. The molecule has 3 unspecified atom stereocenters. The third kappa shape index (κ3) is 2.68. The molecular weight excluding hydrogens is 268 g/mol. The minimum atomic E-state index is -0.828. The molecule has 21 heavy (non-hydrogen) atoms. The maximum absolute atomic E-state index is 12.9. The summed E-state index contributed by atoms with van der Waals surface area (Å²) in [7, 11) is 1.72. The molecule has 1 saturated heterocycles. The maximum atomic E-state index is 12.9. The van der Waals surface area contributed by atoms with E-state index >= 15 is 0 Å². The molecule has 2 fully saturated rings. The van der Waals surface area contributed by atoms with Crippen molar-refractivity contribution in [3.63, 3.8) is 0 Å². The van der Waals surface area contributed by atoms with Crippen LogP contribution in [0.5, 0.6) is 0 Å². The smallest absolute Gasteiger partial charge is 0.248 e. The first-order chi connectivity index (χ1) is 9.76. The summed E-state index contributed by atoms with van der Waals surface area (Å²) in [4.78, 5) is 27.4. The first-order valence-electron chi connectivity index (χ1n) is 7.95. The van der Waals surface area contributed by atoms with Crippen LogP contribution < -0.4 is 5.32 Å². The lowest BCUT2D eigenvalue weighted by Crippen LogP contribution is -2.75. The van der Waals surface area contributed by atoms with E-state index in [-0.39, 0.29) is 24.0 Å². The van der Waals surface area contributed by atoms with Crippen molar-refractivity contribution in [2.75, 3.05) is 7.11 Å². The van der Waals surface area contributed by atoms with Gasteiger partial charge in [-0.1, -0.05) is 6.92 Å². The van der Waals surface area contributed by atoms with Crippen molar-refractivity contribution < 1.29 is 14.3 Å². The topological polar surface area (TPSA) is 58.6 Å². The second kappa shape index (κ2) is 5.59. The van der Waals surface area contributed by atoms with Gasteiger partial charge >= 0.3 is 0 Å². The van der Waals surface area contributed by atoms with Crippen LogP contribution in [-0.2, 0) is 14.3 Å². The molecule has 1 N–H and O–H groups in total. The summed E-state index contributed by atoms with van der Waals surface area (Å²) in [6.07, 6.45) is 4.65. The van der Waals surface area contributed by atoms with Gasteiger partial charge in [0.15, 0.2) is 0 Å². The van der Waals surface area contributed by atoms with E-state index < -0.39 is 11.1 Å². The van der Waals surface area contributed by atoms with Crippen LogP contribution in [0.2, 0.25) is 0 Å². The molecule has 0 bridgehead atoms. The largest absolute Gasteiger partial charge is 0.381 e. The predicted molar refractivity (Wildman–Crippen MR) is 80.8 cm³/mol. The molecule has 1 saturated carbocycles. The van der Waals surface area contributed by atoms with Crippen molar-refractivity contribution in [3.8, 4) is 0 Å². The van der Waals surface area contributed by atoms with Gasteiger partial charge in [-0.3, -0.25) is 9.59 Å². The lowest BCUT2D eigenvalue weighted by molar-refractivity contribution is -0.167. The fourth-order valence-corrected chi connectivity index (χ4v) is 3.58. The standard InChI is InChI=1S/C16H28N2O3/c1-6-16(4)13(19)17-15(2,3)14(20)18(16)11-8-7-9-12(10-11)21-5/h11-12H,6-10H2,1-5H3,(H,17,19). The second-order valence-corrected chi connectivity index (χ2v) is 7.06. The molecular formula is C16H28N2O3. The van der Waals surface area contributed by atoms with E-state index in [1.807, 2.05) is 18.7 Å². The normalized spacial score (nSPS) is 36.5. The Bertz CT molecular complexity index is 435. The number of methoxy groups -OCH3 is 1. The van der Waals surface area contributed by atoms with Gasteiger partial charge in [-0.05, 0) is 52.9 Å². The number of carbonyl (C=O) groups is 2. The van der Waals surface area contributed by atoms with Crippen molar-refractivity contribution in [3.05, 3.63) is 0 Å². The summed E-state index contributed by atoms with van der Waals surface area (Å²) in [5, 5.41) is 2.88. The molecule has 5 heteroatoms. The number of rotatable bonds is 3. The van der Waals surface area contributed by atoms with E-state index in [1.54, 1.807) is 21.0 Å². The van der Waals surface area contributed by atoms with Gasteiger partial charge in [-0.2, -0.15) is 0 Å². The van der Waals surface area contributed by atoms with Crippen LogP contribution in [-0.4, -0.2) is 47.0 Å². The third-order valence-electron chi connectivity index (χ3n) is 5.19. The van der Waals surface area contributed by atoms with Gasteiger partial charge in [-0.15, -0.1) is 0 Å². The Morgan fingerprint density at radius 2 is 1.95 bits per heavy atom. The van der Waals surface area contributed by atoms with Crippen molar-refractivity contribution in [1.82, 2.24) is 10.2 Å². The molecule has 0 aromatic rings. The van der Waals surface area contributed by atoms with E-state index in [2.05, 4.69) is 5.32 Å². The molecule has 2 amide bonds. The summed E-state index contributed by atoms with van der Waals surface area (Å²) in [6, 6.07) is 0.0893. The number of hydrogen-bond acceptors (Lipinski definition) is 3. The van der Waals surface area contributed by atoms with Gasteiger partial charge in [0.2, 0.25) is 11.8 Å². The average molecular weight is 296 g/mol. The average Bonchev–Trinajstić information content (AvgIpc) is 2.45. The zero-order valence-corrected chi connectivity index (χ0v) is 13.9. The third-order valence-corrected chi connectivity index (χ3v) is 5.19. The molecule has 2 rings (SSSR count). The van der Waals surface area contributed by atoms with Crippen LogP contribution in [0.25, 0.3) is 0 Å². The first kappa shape index (κ1) is 16.3. The molecule has 0 spiro atoms. The molecule has 0 aromatic heterocycles. The van der Waals surface area contributed by atoms with E-state index in [9.17, 15) is 9.59 Å². The fourth-order valence-electron chi connectivity index (χ4n) is 3.58. The Labute approximate surface area is 127 Å². The summed E-state index contributed by atoms with van der Waals surface area (Å²) in [5.41, 5.74) is -1.58. The molecule has 120 valence electrons. The van der Waals surface area contributed by atoms with Crippen LogP contribution in [0.3, 0.4) is 0 Å². The Morgan fingerprint density at radius 1 is 1.29 bits per heavy atom. The molecule has 5 nitrogen and oxygen atoms in total. The number of hydrogen-bond donors (Lipinski definition) is 1. The first-order valence-corrected chi connectivity index (χ1v) is 7.95. The number of amides is 2. The molecule has 1 aliphatic carbocycles. The van der Waals surface area contributed by atoms with Gasteiger partial charge in [0.25, 0.3) is 0 Å².